The smallest absolute Gasteiger partial charge is 0.0645 e. The van der Waals surface area contributed by atoms with E-state index in [1.54, 1.807) is 0 Å². The molecule has 156 valence electrons. The summed E-state index contributed by atoms with van der Waals surface area (Å²) in [7, 11) is 0. The van der Waals surface area contributed by atoms with Gasteiger partial charge in [-0.1, -0.05) is 146 Å². The Hall–Kier alpha value is -4.16. The topological polar surface area (TPSA) is 0 Å². The predicted octanol–water partition coefficient (Wildman–Crippen LogP) is 8.38. The number of allylic oxidation sites excluding steroid dienone is 1. The molecule has 0 amide bonds. The molecule has 0 saturated carbocycles. The zero-order chi connectivity index (χ0) is 22.1. The molecule has 0 aromatic heterocycles. The lowest BCUT2D eigenvalue weighted by Crippen LogP contribution is -2.27. The number of fused-ring (bicyclic) bond motifs is 1. The van der Waals surface area contributed by atoms with Gasteiger partial charge in [-0.05, 0) is 44.5 Å². The summed E-state index contributed by atoms with van der Waals surface area (Å²) in [6, 6.07) is 48.0. The second-order valence-corrected chi connectivity index (χ2v) is 8.55. The molecule has 0 radical (unpaired) electrons. The average Bonchev–Trinajstić information content (AvgIpc) is 3.30. The van der Waals surface area contributed by atoms with Gasteiger partial charge in [-0.25, -0.2) is 0 Å². The summed E-state index contributed by atoms with van der Waals surface area (Å²) in [6.07, 6.45) is 4.69. The predicted molar refractivity (Wildman–Crippen MR) is 139 cm³/mol. The van der Waals surface area contributed by atoms with E-state index in [1.807, 2.05) is 0 Å². The fourth-order valence-corrected chi connectivity index (χ4v) is 5.31. The van der Waals surface area contributed by atoms with E-state index in [0.29, 0.717) is 0 Å². The van der Waals surface area contributed by atoms with Crippen molar-refractivity contribution < 1.29 is 0 Å². The van der Waals surface area contributed by atoms with E-state index in [4.69, 9.17) is 0 Å². The Bertz CT molecular complexity index is 1360. The second-order valence-electron chi connectivity index (χ2n) is 8.55. The molecule has 0 atom stereocenters. The Morgan fingerprint density at radius 2 is 0.788 bits per heavy atom. The minimum absolute atomic E-state index is 0.380. The Morgan fingerprint density at radius 1 is 0.364 bits per heavy atom. The molecule has 0 heteroatoms. The van der Waals surface area contributed by atoms with E-state index in [2.05, 4.69) is 146 Å². The standard InChI is InChI=1S/C33H24/c1-3-13-25(14-4-1)28-18-8-11-21-31(28)33(24-23-27-17-7-10-20-30(27)33)32-22-12-9-19-29(32)26-15-5-2-6-16-26/h1-24H. The van der Waals surface area contributed by atoms with Crippen molar-refractivity contribution in [3.63, 3.8) is 0 Å². The highest BCUT2D eigenvalue weighted by Crippen LogP contribution is 2.51. The molecule has 5 aromatic rings. The van der Waals surface area contributed by atoms with Gasteiger partial charge in [-0.15, -0.1) is 0 Å². The maximum absolute atomic E-state index is 2.40. The van der Waals surface area contributed by atoms with Crippen molar-refractivity contribution >= 4 is 6.08 Å². The molecule has 6 rings (SSSR count). The summed E-state index contributed by atoms with van der Waals surface area (Å²) in [6.45, 7) is 0. The highest BCUT2D eigenvalue weighted by atomic mass is 14.4. The molecule has 0 heterocycles. The third kappa shape index (κ3) is 3.15. The van der Waals surface area contributed by atoms with E-state index in [-0.39, 0.29) is 5.41 Å². The van der Waals surface area contributed by atoms with Gasteiger partial charge in [0.25, 0.3) is 0 Å². The van der Waals surface area contributed by atoms with Crippen LogP contribution in [0, 0.1) is 0 Å². The molecule has 0 unspecified atom stereocenters. The van der Waals surface area contributed by atoms with Gasteiger partial charge in [-0.3, -0.25) is 0 Å². The lowest BCUT2D eigenvalue weighted by molar-refractivity contribution is 0.799. The van der Waals surface area contributed by atoms with Crippen molar-refractivity contribution in [2.24, 2.45) is 0 Å². The molecule has 33 heavy (non-hydrogen) atoms. The Kier molecular flexibility index (Phi) is 4.78. The highest BCUT2D eigenvalue weighted by Gasteiger charge is 2.41. The first kappa shape index (κ1) is 19.5. The minimum atomic E-state index is -0.380. The van der Waals surface area contributed by atoms with Crippen LogP contribution in [0.15, 0.2) is 140 Å². The molecule has 0 saturated heterocycles. The van der Waals surface area contributed by atoms with Gasteiger partial charge < -0.3 is 0 Å². The summed E-state index contributed by atoms with van der Waals surface area (Å²) >= 11 is 0. The van der Waals surface area contributed by atoms with Crippen LogP contribution in [0.3, 0.4) is 0 Å². The number of hydrogen-bond donors (Lipinski definition) is 0. The van der Waals surface area contributed by atoms with E-state index in [0.717, 1.165) is 0 Å². The monoisotopic (exact) mass is 420 g/mol. The lowest BCUT2D eigenvalue weighted by atomic mass is 9.67. The first-order valence-electron chi connectivity index (χ1n) is 11.5. The molecule has 0 aliphatic heterocycles. The van der Waals surface area contributed by atoms with Gasteiger partial charge in [0.05, 0.1) is 5.41 Å². The lowest BCUT2D eigenvalue weighted by Gasteiger charge is -2.34. The Morgan fingerprint density at radius 3 is 1.33 bits per heavy atom. The third-order valence-electron chi connectivity index (χ3n) is 6.77. The first-order chi connectivity index (χ1) is 16.4. The highest BCUT2D eigenvalue weighted by molar-refractivity contribution is 5.83. The molecule has 0 N–H and O–H groups in total. The van der Waals surface area contributed by atoms with Crippen molar-refractivity contribution in [3.8, 4) is 22.3 Å². The minimum Gasteiger partial charge on any atom is -0.0645 e. The quantitative estimate of drug-likeness (QED) is 0.274. The summed E-state index contributed by atoms with van der Waals surface area (Å²) in [5, 5.41) is 0. The van der Waals surface area contributed by atoms with Crippen LogP contribution < -0.4 is 0 Å². The largest absolute Gasteiger partial charge is 0.0653 e. The molecule has 1 aliphatic rings. The van der Waals surface area contributed by atoms with E-state index in [9.17, 15) is 0 Å². The zero-order valence-electron chi connectivity index (χ0n) is 18.4. The number of benzene rings is 5. The number of hydrogen-bond acceptors (Lipinski definition) is 0. The van der Waals surface area contributed by atoms with Crippen molar-refractivity contribution in [1.82, 2.24) is 0 Å². The normalized spacial score (nSPS) is 13.6. The number of rotatable bonds is 4. The summed E-state index contributed by atoms with van der Waals surface area (Å²) in [4.78, 5) is 0. The maximum atomic E-state index is 2.40. The molecule has 1 aliphatic carbocycles. The van der Waals surface area contributed by atoms with Gasteiger partial charge in [0.15, 0.2) is 0 Å². The molecular weight excluding hydrogens is 396 g/mol. The van der Waals surface area contributed by atoms with Crippen LogP contribution in [0.25, 0.3) is 28.3 Å². The summed E-state index contributed by atoms with van der Waals surface area (Å²) < 4.78 is 0. The Labute approximate surface area is 195 Å². The van der Waals surface area contributed by atoms with Gasteiger partial charge in [-0.2, -0.15) is 0 Å². The van der Waals surface area contributed by atoms with Crippen LogP contribution in [0.1, 0.15) is 22.3 Å². The van der Waals surface area contributed by atoms with Gasteiger partial charge in [0, 0.05) is 0 Å². The molecule has 0 nitrogen and oxygen atoms in total. The van der Waals surface area contributed by atoms with E-state index < -0.39 is 0 Å². The van der Waals surface area contributed by atoms with Crippen LogP contribution in [0.2, 0.25) is 0 Å². The molecular formula is C33H24. The Balaban J connectivity index is 1.71. The fourth-order valence-electron chi connectivity index (χ4n) is 5.31. The third-order valence-corrected chi connectivity index (χ3v) is 6.77. The summed E-state index contributed by atoms with van der Waals surface area (Å²) in [5.41, 5.74) is 9.85. The van der Waals surface area contributed by atoms with E-state index >= 15 is 0 Å². The van der Waals surface area contributed by atoms with E-state index in [1.165, 1.54) is 44.5 Å². The van der Waals surface area contributed by atoms with Gasteiger partial charge in [0.1, 0.15) is 0 Å². The zero-order valence-corrected chi connectivity index (χ0v) is 18.4. The van der Waals surface area contributed by atoms with Crippen molar-refractivity contribution in [1.29, 1.82) is 0 Å². The van der Waals surface area contributed by atoms with Crippen molar-refractivity contribution in [2.75, 3.05) is 0 Å². The van der Waals surface area contributed by atoms with Crippen molar-refractivity contribution in [3.05, 3.63) is 162 Å². The maximum Gasteiger partial charge on any atom is 0.0653 e. The van der Waals surface area contributed by atoms with Crippen LogP contribution in [-0.4, -0.2) is 0 Å². The summed E-state index contributed by atoms with van der Waals surface area (Å²) in [5.74, 6) is 0. The van der Waals surface area contributed by atoms with Crippen LogP contribution in [0.4, 0.5) is 0 Å². The van der Waals surface area contributed by atoms with Crippen LogP contribution in [-0.2, 0) is 5.41 Å². The SMILES string of the molecule is C1=CC(c2ccccc2-c2ccccc2)(c2ccccc2-c2ccccc2)c2ccccc21. The van der Waals surface area contributed by atoms with Gasteiger partial charge >= 0.3 is 0 Å². The molecule has 0 fully saturated rings. The molecule has 0 spiro atoms. The van der Waals surface area contributed by atoms with Gasteiger partial charge in [0.2, 0.25) is 0 Å². The average molecular weight is 421 g/mol. The van der Waals surface area contributed by atoms with Crippen LogP contribution >= 0.6 is 0 Å². The molecule has 5 aromatic carbocycles. The molecule has 0 bridgehead atoms. The van der Waals surface area contributed by atoms with Crippen molar-refractivity contribution in [2.45, 2.75) is 5.41 Å². The fraction of sp³-hybridized carbons (Fsp3) is 0.0303. The van der Waals surface area contributed by atoms with Crippen LogP contribution in [0.5, 0.6) is 0 Å². The first-order valence-corrected chi connectivity index (χ1v) is 11.5. The second kappa shape index (κ2) is 8.07.